The van der Waals surface area contributed by atoms with E-state index in [-0.39, 0.29) is 13.2 Å². The van der Waals surface area contributed by atoms with Crippen molar-refractivity contribution in [2.45, 2.75) is 33.2 Å². The number of ether oxygens (including phenoxy) is 2. The first-order chi connectivity index (χ1) is 13.4. The minimum absolute atomic E-state index is 0.0465. The number of esters is 1. The van der Waals surface area contributed by atoms with Crippen LogP contribution in [-0.2, 0) is 16.0 Å². The van der Waals surface area contributed by atoms with Crippen molar-refractivity contribution in [1.82, 2.24) is 10.6 Å². The van der Waals surface area contributed by atoms with E-state index >= 15 is 0 Å². The van der Waals surface area contributed by atoms with Gasteiger partial charge in [0.1, 0.15) is 17.9 Å². The van der Waals surface area contributed by atoms with Crippen LogP contribution in [0.4, 0.5) is 4.79 Å². The highest BCUT2D eigenvalue weighted by Gasteiger charge is 2.30. The molecule has 2 heterocycles. The van der Waals surface area contributed by atoms with Crippen molar-refractivity contribution in [3.05, 3.63) is 51.5 Å². The summed E-state index contributed by atoms with van der Waals surface area (Å²) in [6, 6.07) is 5.73. The van der Waals surface area contributed by atoms with Gasteiger partial charge in [0.05, 0.1) is 23.9 Å². The molecule has 8 nitrogen and oxygen atoms in total. The fraction of sp³-hybridized carbons (Fsp3) is 0.350. The van der Waals surface area contributed by atoms with Crippen LogP contribution in [0.15, 0.2) is 44.7 Å². The van der Waals surface area contributed by atoms with E-state index in [1.165, 1.54) is 6.07 Å². The van der Waals surface area contributed by atoms with Crippen LogP contribution in [0, 0.1) is 0 Å². The Hall–Kier alpha value is -3.29. The second-order valence-electron chi connectivity index (χ2n) is 6.32. The molecule has 0 radical (unpaired) electrons. The van der Waals surface area contributed by atoms with Crippen molar-refractivity contribution < 1.29 is 23.5 Å². The minimum Gasteiger partial charge on any atom is -0.487 e. The number of rotatable bonds is 6. The SMILES string of the molecule is CCOC(=O)C1=C(COc2ccc3c(CC)cc(=O)oc3c2)NC(=O)NC1C. The minimum atomic E-state index is -0.516. The monoisotopic (exact) mass is 386 g/mol. The summed E-state index contributed by atoms with van der Waals surface area (Å²) in [5, 5.41) is 6.06. The van der Waals surface area contributed by atoms with Crippen molar-refractivity contribution in [2.75, 3.05) is 13.2 Å². The van der Waals surface area contributed by atoms with E-state index in [9.17, 15) is 14.4 Å². The maximum atomic E-state index is 12.2. The van der Waals surface area contributed by atoms with E-state index in [1.54, 1.807) is 26.0 Å². The Morgan fingerprint density at radius 3 is 2.71 bits per heavy atom. The van der Waals surface area contributed by atoms with Gasteiger partial charge in [0, 0.05) is 17.5 Å². The Bertz CT molecular complexity index is 1010. The van der Waals surface area contributed by atoms with E-state index in [1.807, 2.05) is 13.0 Å². The van der Waals surface area contributed by atoms with Crippen molar-refractivity contribution in [2.24, 2.45) is 0 Å². The molecule has 1 aromatic carbocycles. The number of hydrogen-bond acceptors (Lipinski definition) is 6. The highest BCUT2D eigenvalue weighted by molar-refractivity contribution is 5.94. The third kappa shape index (κ3) is 4.00. The molecule has 28 heavy (non-hydrogen) atoms. The fourth-order valence-electron chi connectivity index (χ4n) is 3.14. The molecule has 1 aromatic heterocycles. The van der Waals surface area contributed by atoms with Crippen molar-refractivity contribution in [3.63, 3.8) is 0 Å². The van der Waals surface area contributed by atoms with Crippen LogP contribution in [0.1, 0.15) is 26.3 Å². The predicted molar refractivity (Wildman–Crippen MR) is 102 cm³/mol. The summed E-state index contributed by atoms with van der Waals surface area (Å²) in [5.74, 6) is -0.0711. The highest BCUT2D eigenvalue weighted by atomic mass is 16.5. The van der Waals surface area contributed by atoms with Gasteiger partial charge in [-0.1, -0.05) is 6.92 Å². The topological polar surface area (TPSA) is 107 Å². The molecule has 2 N–H and O–H groups in total. The normalized spacial score (nSPS) is 16.5. The first-order valence-electron chi connectivity index (χ1n) is 9.10. The van der Waals surface area contributed by atoms with Crippen molar-refractivity contribution in [3.8, 4) is 5.75 Å². The van der Waals surface area contributed by atoms with Crippen LogP contribution in [0.5, 0.6) is 5.75 Å². The van der Waals surface area contributed by atoms with Crippen LogP contribution in [0.25, 0.3) is 11.0 Å². The molecule has 1 atom stereocenters. The number of urea groups is 1. The number of nitrogens with one attached hydrogen (secondary N) is 2. The van der Waals surface area contributed by atoms with E-state index in [2.05, 4.69) is 10.6 Å². The van der Waals surface area contributed by atoms with Gasteiger partial charge in [0.25, 0.3) is 0 Å². The lowest BCUT2D eigenvalue weighted by molar-refractivity contribution is -0.139. The molecule has 0 bridgehead atoms. The fourth-order valence-corrected chi connectivity index (χ4v) is 3.14. The van der Waals surface area contributed by atoms with E-state index in [0.717, 1.165) is 10.9 Å². The molecule has 148 valence electrons. The largest absolute Gasteiger partial charge is 0.487 e. The molecule has 1 aliphatic rings. The first-order valence-corrected chi connectivity index (χ1v) is 9.10. The zero-order valence-corrected chi connectivity index (χ0v) is 16.0. The number of fused-ring (bicyclic) bond motifs is 1. The number of benzene rings is 1. The van der Waals surface area contributed by atoms with Crippen LogP contribution >= 0.6 is 0 Å². The number of aryl methyl sites for hydroxylation is 1. The molecule has 0 saturated carbocycles. The standard InChI is InChI=1S/C20H22N2O6/c1-4-12-8-17(23)28-16-9-13(6-7-14(12)16)27-10-15-18(19(24)26-5-2)11(3)21-20(25)22-15/h6-9,11H,4-5,10H2,1-3H3,(H2,21,22,25). The average molecular weight is 386 g/mol. The zero-order valence-electron chi connectivity index (χ0n) is 16.0. The lowest BCUT2D eigenvalue weighted by Gasteiger charge is -2.26. The van der Waals surface area contributed by atoms with Crippen LogP contribution in [-0.4, -0.2) is 31.3 Å². The summed E-state index contributed by atoms with van der Waals surface area (Å²) in [7, 11) is 0. The maximum Gasteiger partial charge on any atom is 0.338 e. The number of amides is 2. The average Bonchev–Trinajstić information content (AvgIpc) is 2.64. The van der Waals surface area contributed by atoms with Gasteiger partial charge < -0.3 is 24.5 Å². The maximum absolute atomic E-state index is 12.2. The number of hydrogen-bond donors (Lipinski definition) is 2. The Kier molecular flexibility index (Phi) is 5.67. The Morgan fingerprint density at radius 1 is 1.21 bits per heavy atom. The molecule has 0 fully saturated rings. The van der Waals surface area contributed by atoms with Gasteiger partial charge >= 0.3 is 17.6 Å². The molecule has 8 heteroatoms. The second-order valence-corrected chi connectivity index (χ2v) is 6.32. The summed E-state index contributed by atoms with van der Waals surface area (Å²) >= 11 is 0. The summed E-state index contributed by atoms with van der Waals surface area (Å²) < 4.78 is 16.1. The van der Waals surface area contributed by atoms with Gasteiger partial charge in [-0.3, -0.25) is 0 Å². The quantitative estimate of drug-likeness (QED) is 0.583. The zero-order chi connectivity index (χ0) is 20.3. The van der Waals surface area contributed by atoms with Crippen LogP contribution in [0.2, 0.25) is 0 Å². The smallest absolute Gasteiger partial charge is 0.338 e. The molecular formula is C20H22N2O6. The third-order valence-corrected chi connectivity index (χ3v) is 4.43. The van der Waals surface area contributed by atoms with Crippen LogP contribution < -0.4 is 21.0 Å². The molecule has 2 aromatic rings. The van der Waals surface area contributed by atoms with Gasteiger partial charge in [-0.2, -0.15) is 0 Å². The van der Waals surface area contributed by atoms with Gasteiger partial charge in [-0.15, -0.1) is 0 Å². The van der Waals surface area contributed by atoms with Crippen LogP contribution in [0.3, 0.4) is 0 Å². The molecule has 3 rings (SSSR count). The van der Waals surface area contributed by atoms with E-state index in [0.29, 0.717) is 29.0 Å². The van der Waals surface area contributed by atoms with Crippen molar-refractivity contribution in [1.29, 1.82) is 0 Å². The lowest BCUT2D eigenvalue weighted by atomic mass is 10.0. The predicted octanol–water partition coefficient (Wildman–Crippen LogP) is 2.25. The molecule has 0 saturated heterocycles. The Morgan fingerprint density at radius 2 is 2.00 bits per heavy atom. The summed E-state index contributed by atoms with van der Waals surface area (Å²) in [5.41, 5.74) is 1.53. The van der Waals surface area contributed by atoms with Gasteiger partial charge in [-0.25, -0.2) is 14.4 Å². The molecule has 0 aliphatic carbocycles. The van der Waals surface area contributed by atoms with E-state index in [4.69, 9.17) is 13.9 Å². The molecule has 1 aliphatic heterocycles. The highest BCUT2D eigenvalue weighted by Crippen LogP contribution is 2.24. The Balaban J connectivity index is 1.88. The van der Waals surface area contributed by atoms with Gasteiger partial charge in [0.2, 0.25) is 0 Å². The number of carbonyl (C=O) groups is 2. The van der Waals surface area contributed by atoms with Gasteiger partial charge in [0.15, 0.2) is 0 Å². The second kappa shape index (κ2) is 8.16. The molecule has 2 amide bonds. The molecular weight excluding hydrogens is 364 g/mol. The molecule has 0 spiro atoms. The third-order valence-electron chi connectivity index (χ3n) is 4.43. The molecule has 1 unspecified atom stereocenters. The summed E-state index contributed by atoms with van der Waals surface area (Å²) in [6.45, 7) is 5.54. The first kappa shape index (κ1) is 19.5. The van der Waals surface area contributed by atoms with E-state index < -0.39 is 23.7 Å². The van der Waals surface area contributed by atoms with Crippen molar-refractivity contribution >= 4 is 23.0 Å². The lowest BCUT2D eigenvalue weighted by Crippen LogP contribution is -2.50. The number of carbonyl (C=O) groups excluding carboxylic acids is 2. The Labute approximate surface area is 161 Å². The summed E-state index contributed by atoms with van der Waals surface area (Å²) in [6.07, 6.45) is 0.703. The van der Waals surface area contributed by atoms with Gasteiger partial charge in [-0.05, 0) is 38.0 Å². The summed E-state index contributed by atoms with van der Waals surface area (Å²) in [4.78, 5) is 35.7.